The molecule has 1 atom stereocenters. The lowest BCUT2D eigenvalue weighted by molar-refractivity contribution is 0.0498. The van der Waals surface area contributed by atoms with Crippen LogP contribution >= 0.6 is 28.1 Å². The highest BCUT2D eigenvalue weighted by Crippen LogP contribution is 2.17. The molecule has 0 bridgehead atoms. The number of likely N-dealkylation sites (N-methyl/N-ethyl adjacent to an activating group) is 1. The van der Waals surface area contributed by atoms with E-state index in [2.05, 4.69) is 39.7 Å². The molecule has 1 saturated heterocycles. The molecule has 1 aromatic heterocycles. The monoisotopic (exact) mass is 343 g/mol. The first kappa shape index (κ1) is 14.7. The van der Waals surface area contributed by atoms with Gasteiger partial charge in [0.25, 0.3) is 5.91 Å². The fraction of sp³-hybridized carbons (Fsp3) is 0.538. The number of nitrogens with zero attached hydrogens (tertiary/aromatic N) is 2. The molecule has 0 spiro atoms. The van der Waals surface area contributed by atoms with Crippen LogP contribution in [0.25, 0.3) is 0 Å². The van der Waals surface area contributed by atoms with E-state index in [0.29, 0.717) is 10.2 Å². The van der Waals surface area contributed by atoms with Crippen molar-refractivity contribution in [3.63, 3.8) is 0 Å². The lowest BCUT2D eigenvalue weighted by Crippen LogP contribution is -2.53. The molecule has 6 heteroatoms. The largest absolute Gasteiger partial charge is 0.351 e. The predicted octanol–water partition coefficient (Wildman–Crippen LogP) is 2.67. The molecule has 1 aliphatic rings. The third-order valence-electron chi connectivity index (χ3n) is 3.52. The van der Waals surface area contributed by atoms with Crippen molar-refractivity contribution in [1.29, 1.82) is 0 Å². The maximum absolute atomic E-state index is 12.6. The Morgan fingerprint density at radius 3 is 2.95 bits per heavy atom. The molecule has 2 heterocycles. The zero-order chi connectivity index (χ0) is 14.0. The van der Waals surface area contributed by atoms with Crippen molar-refractivity contribution in [2.24, 2.45) is 0 Å². The number of hydrogen-bond donors (Lipinski definition) is 1. The summed E-state index contributed by atoms with van der Waals surface area (Å²) in [5.74, 6) is 0.0193. The van der Waals surface area contributed by atoms with E-state index < -0.39 is 0 Å². The number of nitrogens with one attached hydrogen (secondary N) is 1. The summed E-state index contributed by atoms with van der Waals surface area (Å²) < 4.78 is 1.34. The number of halogens is 1. The Hall–Kier alpha value is -0.720. The van der Waals surface area contributed by atoms with Gasteiger partial charge in [0.05, 0.1) is 5.56 Å². The zero-order valence-electron chi connectivity index (χ0n) is 11.1. The standard InChI is InChI=1S/C13H18BrN3OS/c1-3-16-4-5-17(9(2)8-16)13(18)11-6-10(14)7-15-12(11)19/h6-7,9H,3-5,8H2,1-2H3,(H,15,19)/t9-/m1/s1. The Kier molecular flexibility index (Phi) is 4.76. The van der Waals surface area contributed by atoms with Crippen LogP contribution in [-0.2, 0) is 0 Å². The maximum Gasteiger partial charge on any atom is 0.257 e. The molecule has 0 radical (unpaired) electrons. The smallest absolute Gasteiger partial charge is 0.257 e. The van der Waals surface area contributed by atoms with Crippen molar-refractivity contribution in [1.82, 2.24) is 14.8 Å². The van der Waals surface area contributed by atoms with Gasteiger partial charge in [-0.3, -0.25) is 9.69 Å². The zero-order valence-corrected chi connectivity index (χ0v) is 13.6. The molecule has 4 nitrogen and oxygen atoms in total. The van der Waals surface area contributed by atoms with Crippen LogP contribution in [0.1, 0.15) is 24.2 Å². The SMILES string of the molecule is CCN1CCN(C(=O)c2cc(Br)c[nH]c2=S)[C@H](C)C1. The summed E-state index contributed by atoms with van der Waals surface area (Å²) in [6, 6.07) is 2.01. The van der Waals surface area contributed by atoms with Crippen LogP contribution in [0.4, 0.5) is 0 Å². The molecule has 0 aliphatic carbocycles. The highest BCUT2D eigenvalue weighted by atomic mass is 79.9. The Bertz CT molecular complexity index is 531. The second-order valence-corrected chi connectivity index (χ2v) is 6.13. The van der Waals surface area contributed by atoms with E-state index in [-0.39, 0.29) is 11.9 Å². The van der Waals surface area contributed by atoms with E-state index in [1.165, 1.54) is 0 Å². The molecule has 0 aromatic carbocycles. The Labute approximate surface area is 126 Å². The van der Waals surface area contributed by atoms with Crippen molar-refractivity contribution in [3.8, 4) is 0 Å². The van der Waals surface area contributed by atoms with Crippen molar-refractivity contribution < 1.29 is 4.79 Å². The molecular formula is C13H18BrN3OS. The lowest BCUT2D eigenvalue weighted by atomic mass is 10.1. The van der Waals surface area contributed by atoms with Crippen molar-refractivity contribution in [3.05, 3.63) is 26.9 Å². The minimum absolute atomic E-state index is 0.0193. The number of aromatic amines is 1. The van der Waals surface area contributed by atoms with E-state index >= 15 is 0 Å². The normalized spacial score (nSPS) is 20.6. The van der Waals surface area contributed by atoms with Gasteiger partial charge in [-0.15, -0.1) is 0 Å². The molecule has 0 saturated carbocycles. The Morgan fingerprint density at radius 2 is 2.32 bits per heavy atom. The van der Waals surface area contributed by atoms with Crippen LogP contribution in [0.15, 0.2) is 16.7 Å². The molecule has 1 N–H and O–H groups in total. The average Bonchev–Trinajstić information content (AvgIpc) is 2.40. The third-order valence-corrected chi connectivity index (χ3v) is 4.31. The first-order valence-corrected chi connectivity index (χ1v) is 7.64. The minimum Gasteiger partial charge on any atom is -0.351 e. The van der Waals surface area contributed by atoms with Gasteiger partial charge in [0.1, 0.15) is 4.64 Å². The highest BCUT2D eigenvalue weighted by molar-refractivity contribution is 9.10. The van der Waals surface area contributed by atoms with Crippen LogP contribution in [-0.4, -0.2) is 52.9 Å². The molecule has 104 valence electrons. The number of carbonyl (C=O) groups is 1. The van der Waals surface area contributed by atoms with Gasteiger partial charge in [-0.05, 0) is 35.5 Å². The number of carbonyl (C=O) groups excluding carboxylic acids is 1. The summed E-state index contributed by atoms with van der Waals surface area (Å²) in [7, 11) is 0. The van der Waals surface area contributed by atoms with Gasteiger partial charge in [0, 0.05) is 36.3 Å². The van der Waals surface area contributed by atoms with E-state index in [9.17, 15) is 4.79 Å². The molecule has 1 fully saturated rings. The first-order chi connectivity index (χ1) is 9.02. The summed E-state index contributed by atoms with van der Waals surface area (Å²) >= 11 is 8.58. The molecular weight excluding hydrogens is 326 g/mol. The van der Waals surface area contributed by atoms with Crippen molar-refractivity contribution in [2.45, 2.75) is 19.9 Å². The fourth-order valence-corrected chi connectivity index (χ4v) is 2.94. The predicted molar refractivity (Wildman–Crippen MR) is 81.9 cm³/mol. The summed E-state index contributed by atoms with van der Waals surface area (Å²) in [6.07, 6.45) is 1.75. The molecule has 1 amide bonds. The number of amides is 1. The van der Waals surface area contributed by atoms with Gasteiger partial charge in [0.15, 0.2) is 0 Å². The third kappa shape index (κ3) is 3.24. The van der Waals surface area contributed by atoms with Gasteiger partial charge in [0.2, 0.25) is 0 Å². The van der Waals surface area contributed by atoms with E-state index in [1.54, 1.807) is 12.3 Å². The molecule has 19 heavy (non-hydrogen) atoms. The van der Waals surface area contributed by atoms with Gasteiger partial charge in [-0.25, -0.2) is 0 Å². The first-order valence-electron chi connectivity index (χ1n) is 6.44. The number of piperazine rings is 1. The summed E-state index contributed by atoms with van der Waals surface area (Å²) in [5, 5.41) is 0. The van der Waals surface area contributed by atoms with E-state index in [0.717, 1.165) is 30.7 Å². The molecule has 1 aromatic rings. The van der Waals surface area contributed by atoms with Crippen molar-refractivity contribution >= 4 is 34.1 Å². The van der Waals surface area contributed by atoms with Crippen LogP contribution in [0.5, 0.6) is 0 Å². The average molecular weight is 344 g/mol. The second-order valence-electron chi connectivity index (χ2n) is 4.80. The summed E-state index contributed by atoms with van der Waals surface area (Å²) in [4.78, 5) is 19.8. The fourth-order valence-electron chi connectivity index (χ4n) is 2.39. The number of H-pyrrole nitrogens is 1. The lowest BCUT2D eigenvalue weighted by Gasteiger charge is -2.39. The van der Waals surface area contributed by atoms with Crippen LogP contribution in [0, 0.1) is 4.64 Å². The van der Waals surface area contributed by atoms with E-state index in [1.807, 2.05) is 4.90 Å². The quantitative estimate of drug-likeness (QED) is 0.839. The van der Waals surface area contributed by atoms with Gasteiger partial charge < -0.3 is 9.88 Å². The highest BCUT2D eigenvalue weighted by Gasteiger charge is 2.28. The second kappa shape index (κ2) is 6.15. The van der Waals surface area contributed by atoms with Crippen LogP contribution in [0.2, 0.25) is 0 Å². The van der Waals surface area contributed by atoms with Crippen molar-refractivity contribution in [2.75, 3.05) is 26.2 Å². The number of rotatable bonds is 2. The summed E-state index contributed by atoms with van der Waals surface area (Å²) in [6.45, 7) is 7.88. The minimum atomic E-state index is 0.0193. The Morgan fingerprint density at radius 1 is 1.58 bits per heavy atom. The Balaban J connectivity index is 2.20. The number of aromatic nitrogens is 1. The number of pyridine rings is 1. The molecule has 0 unspecified atom stereocenters. The van der Waals surface area contributed by atoms with Gasteiger partial charge in [-0.2, -0.15) is 0 Å². The maximum atomic E-state index is 12.6. The van der Waals surface area contributed by atoms with E-state index in [4.69, 9.17) is 12.2 Å². The van der Waals surface area contributed by atoms with Gasteiger partial charge in [-0.1, -0.05) is 19.1 Å². The topological polar surface area (TPSA) is 39.3 Å². The van der Waals surface area contributed by atoms with Crippen LogP contribution < -0.4 is 0 Å². The molecule has 1 aliphatic heterocycles. The van der Waals surface area contributed by atoms with Gasteiger partial charge >= 0.3 is 0 Å². The molecule has 2 rings (SSSR count). The summed E-state index contributed by atoms with van der Waals surface area (Å²) in [5.41, 5.74) is 0.571. The number of hydrogen-bond acceptors (Lipinski definition) is 3. The van der Waals surface area contributed by atoms with Crippen LogP contribution in [0.3, 0.4) is 0 Å².